The van der Waals surface area contributed by atoms with Gasteiger partial charge in [-0.05, 0) is 62.4 Å². The van der Waals surface area contributed by atoms with Gasteiger partial charge in [0.15, 0.2) is 0 Å². The van der Waals surface area contributed by atoms with E-state index in [0.717, 1.165) is 23.0 Å². The maximum absolute atomic E-state index is 4.60. The van der Waals surface area contributed by atoms with E-state index in [2.05, 4.69) is 54.6 Å². The maximum Gasteiger partial charge on any atom is 0.0705 e. The summed E-state index contributed by atoms with van der Waals surface area (Å²) in [5.41, 5.74) is 3.60. The number of rotatable bonds is 4. The van der Waals surface area contributed by atoms with E-state index in [-0.39, 0.29) is 0 Å². The largest absolute Gasteiger partial charge is 0.313 e. The molecule has 112 valence electrons. The van der Waals surface area contributed by atoms with Crippen molar-refractivity contribution in [2.45, 2.75) is 45.6 Å². The van der Waals surface area contributed by atoms with Crippen LogP contribution in [-0.2, 0) is 0 Å². The molecule has 0 radical (unpaired) electrons. The molecule has 2 heteroatoms. The molecule has 3 rings (SSSR count). The van der Waals surface area contributed by atoms with Gasteiger partial charge in [0, 0.05) is 17.1 Å². The second kappa shape index (κ2) is 6.15. The van der Waals surface area contributed by atoms with Crippen molar-refractivity contribution in [3.8, 4) is 0 Å². The second-order valence-electron chi connectivity index (χ2n) is 6.52. The molecule has 0 aliphatic heterocycles. The number of hydrogen-bond donors (Lipinski definition) is 1. The van der Waals surface area contributed by atoms with E-state index in [9.17, 15) is 0 Å². The van der Waals surface area contributed by atoms with E-state index in [1.165, 1.54) is 36.6 Å². The summed E-state index contributed by atoms with van der Waals surface area (Å²) < 4.78 is 0. The molecule has 0 saturated heterocycles. The normalized spacial score (nSPS) is 23.6. The number of fused-ring (bicyclic) bond motifs is 1. The monoisotopic (exact) mass is 282 g/mol. The Balaban J connectivity index is 1.88. The number of aromatic nitrogens is 1. The van der Waals surface area contributed by atoms with Gasteiger partial charge in [-0.15, -0.1) is 0 Å². The Morgan fingerprint density at radius 2 is 2.10 bits per heavy atom. The van der Waals surface area contributed by atoms with Crippen LogP contribution >= 0.6 is 0 Å². The molecule has 1 N–H and O–H groups in total. The molecule has 0 spiro atoms. The van der Waals surface area contributed by atoms with Gasteiger partial charge in [-0.1, -0.05) is 31.9 Å². The van der Waals surface area contributed by atoms with Gasteiger partial charge in [0.25, 0.3) is 0 Å². The molecule has 2 aromatic rings. The van der Waals surface area contributed by atoms with Crippen LogP contribution in [0.1, 0.15) is 49.9 Å². The van der Waals surface area contributed by atoms with Crippen LogP contribution in [-0.4, -0.2) is 12.0 Å². The molecule has 3 unspecified atom stereocenters. The molecular formula is C19H26N2. The summed E-state index contributed by atoms with van der Waals surface area (Å²) in [6.45, 7) is 4.37. The van der Waals surface area contributed by atoms with Crippen LogP contribution in [0.2, 0.25) is 0 Å². The van der Waals surface area contributed by atoms with Crippen molar-refractivity contribution in [2.24, 2.45) is 11.8 Å². The van der Waals surface area contributed by atoms with E-state index < -0.39 is 0 Å². The Bertz CT molecular complexity index is 620. The third-order valence-electron chi connectivity index (χ3n) is 5.15. The maximum atomic E-state index is 4.60. The first kappa shape index (κ1) is 14.5. The number of nitrogens with zero attached hydrogens (tertiary/aromatic N) is 1. The zero-order valence-electron chi connectivity index (χ0n) is 13.4. The van der Waals surface area contributed by atoms with E-state index in [0.29, 0.717) is 6.04 Å². The summed E-state index contributed by atoms with van der Waals surface area (Å²) >= 11 is 0. The molecule has 1 aliphatic rings. The van der Waals surface area contributed by atoms with Crippen LogP contribution in [0, 0.1) is 18.8 Å². The van der Waals surface area contributed by atoms with Gasteiger partial charge < -0.3 is 5.32 Å². The minimum absolute atomic E-state index is 0.479. The van der Waals surface area contributed by atoms with Crippen LogP contribution in [0.15, 0.2) is 30.3 Å². The lowest BCUT2D eigenvalue weighted by atomic mass is 9.90. The number of benzene rings is 1. The number of aryl methyl sites for hydroxylation is 1. The molecule has 1 aromatic heterocycles. The van der Waals surface area contributed by atoms with Crippen molar-refractivity contribution in [1.82, 2.24) is 10.3 Å². The van der Waals surface area contributed by atoms with Crippen LogP contribution in [0.25, 0.3) is 10.9 Å². The van der Waals surface area contributed by atoms with Gasteiger partial charge in [0.2, 0.25) is 0 Å². The number of hydrogen-bond acceptors (Lipinski definition) is 2. The van der Waals surface area contributed by atoms with Crippen LogP contribution in [0.3, 0.4) is 0 Å². The molecule has 3 atom stereocenters. The van der Waals surface area contributed by atoms with Crippen molar-refractivity contribution >= 4 is 10.9 Å². The fourth-order valence-corrected chi connectivity index (χ4v) is 3.90. The van der Waals surface area contributed by atoms with Crippen molar-refractivity contribution in [3.63, 3.8) is 0 Å². The first-order valence-corrected chi connectivity index (χ1v) is 8.25. The van der Waals surface area contributed by atoms with Crippen LogP contribution < -0.4 is 5.32 Å². The highest BCUT2D eigenvalue weighted by Crippen LogP contribution is 2.40. The van der Waals surface area contributed by atoms with Crippen molar-refractivity contribution in [1.29, 1.82) is 0 Å². The van der Waals surface area contributed by atoms with E-state index >= 15 is 0 Å². The highest BCUT2D eigenvalue weighted by molar-refractivity contribution is 5.79. The molecule has 21 heavy (non-hydrogen) atoms. The Kier molecular flexibility index (Phi) is 4.25. The molecule has 2 nitrogen and oxygen atoms in total. The van der Waals surface area contributed by atoms with Gasteiger partial charge in [-0.2, -0.15) is 0 Å². The first-order chi connectivity index (χ1) is 10.2. The molecule has 1 heterocycles. The van der Waals surface area contributed by atoms with Crippen molar-refractivity contribution in [2.75, 3.05) is 7.05 Å². The number of nitrogens with one attached hydrogen (secondary N) is 1. The average molecular weight is 282 g/mol. The quantitative estimate of drug-likeness (QED) is 0.884. The van der Waals surface area contributed by atoms with E-state index in [1.807, 2.05) is 6.92 Å². The van der Waals surface area contributed by atoms with Gasteiger partial charge in [0.05, 0.1) is 5.52 Å². The predicted octanol–water partition coefficient (Wildman–Crippen LogP) is 4.63. The summed E-state index contributed by atoms with van der Waals surface area (Å²) in [6.07, 6.45) is 5.45. The zero-order chi connectivity index (χ0) is 14.8. The molecule has 1 aromatic carbocycles. The predicted molar refractivity (Wildman–Crippen MR) is 89.4 cm³/mol. The van der Waals surface area contributed by atoms with Gasteiger partial charge in [-0.3, -0.25) is 4.98 Å². The van der Waals surface area contributed by atoms with Gasteiger partial charge in [-0.25, -0.2) is 0 Å². The fraction of sp³-hybridized carbons (Fsp3) is 0.526. The van der Waals surface area contributed by atoms with Crippen molar-refractivity contribution in [3.05, 3.63) is 41.6 Å². The summed E-state index contributed by atoms with van der Waals surface area (Å²) in [4.78, 5) is 4.60. The highest BCUT2D eigenvalue weighted by atomic mass is 14.9. The standard InChI is InChI=1S/C19H26N2/c1-4-14-6-8-16(11-14)19(20-3)17-9-10-18-15(12-17)7-5-13(2)21-18/h5,7,9-10,12,14,16,19-20H,4,6,8,11H2,1-3H3. The van der Waals surface area contributed by atoms with Gasteiger partial charge in [0.1, 0.15) is 0 Å². The molecule has 0 amide bonds. The lowest BCUT2D eigenvalue weighted by molar-refractivity contribution is 0.373. The minimum Gasteiger partial charge on any atom is -0.313 e. The van der Waals surface area contributed by atoms with E-state index in [1.54, 1.807) is 0 Å². The van der Waals surface area contributed by atoms with Crippen LogP contribution in [0.4, 0.5) is 0 Å². The Morgan fingerprint density at radius 3 is 2.81 bits per heavy atom. The van der Waals surface area contributed by atoms with Crippen LogP contribution in [0.5, 0.6) is 0 Å². The topological polar surface area (TPSA) is 24.9 Å². The smallest absolute Gasteiger partial charge is 0.0705 e. The SMILES string of the molecule is CCC1CCC(C(NC)c2ccc3nc(C)ccc3c2)C1. The fourth-order valence-electron chi connectivity index (χ4n) is 3.90. The first-order valence-electron chi connectivity index (χ1n) is 8.25. The Morgan fingerprint density at radius 1 is 1.24 bits per heavy atom. The Hall–Kier alpha value is -1.41. The van der Waals surface area contributed by atoms with Crippen molar-refractivity contribution < 1.29 is 0 Å². The highest BCUT2D eigenvalue weighted by Gasteiger charge is 2.30. The second-order valence-corrected chi connectivity index (χ2v) is 6.52. The third kappa shape index (κ3) is 2.96. The zero-order valence-corrected chi connectivity index (χ0v) is 13.4. The number of pyridine rings is 1. The third-order valence-corrected chi connectivity index (χ3v) is 5.15. The molecular weight excluding hydrogens is 256 g/mol. The van der Waals surface area contributed by atoms with Gasteiger partial charge >= 0.3 is 0 Å². The van der Waals surface area contributed by atoms with E-state index in [4.69, 9.17) is 0 Å². The summed E-state index contributed by atoms with van der Waals surface area (Å²) in [5.74, 6) is 1.70. The summed E-state index contributed by atoms with van der Waals surface area (Å²) in [6, 6.07) is 11.5. The molecule has 1 aliphatic carbocycles. The summed E-state index contributed by atoms with van der Waals surface area (Å²) in [7, 11) is 2.10. The minimum atomic E-state index is 0.479. The Labute approximate surface area is 128 Å². The summed E-state index contributed by atoms with van der Waals surface area (Å²) in [5, 5.41) is 4.81. The molecule has 1 saturated carbocycles. The lowest BCUT2D eigenvalue weighted by Gasteiger charge is -2.24. The molecule has 0 bridgehead atoms. The molecule has 1 fully saturated rings. The lowest BCUT2D eigenvalue weighted by Crippen LogP contribution is -2.23. The average Bonchev–Trinajstić information content (AvgIpc) is 2.97.